The van der Waals surface area contributed by atoms with Crippen LogP contribution in [0, 0.1) is 5.82 Å². The van der Waals surface area contributed by atoms with Gasteiger partial charge >= 0.3 is 0 Å². The summed E-state index contributed by atoms with van der Waals surface area (Å²) in [5.74, 6) is -0.0259. The van der Waals surface area contributed by atoms with Crippen molar-refractivity contribution in [3.8, 4) is 0 Å². The van der Waals surface area contributed by atoms with E-state index in [0.29, 0.717) is 36.3 Å². The second kappa shape index (κ2) is 5.53. The Labute approximate surface area is 136 Å². The first kappa shape index (κ1) is 15.0. The lowest BCUT2D eigenvalue weighted by molar-refractivity contribution is 0.0638. The quantitative estimate of drug-likeness (QED) is 0.785. The number of halogens is 1. The predicted molar refractivity (Wildman–Crippen MR) is 86.3 cm³/mol. The zero-order chi connectivity index (χ0) is 16.1. The van der Waals surface area contributed by atoms with E-state index < -0.39 is 0 Å². The molecule has 0 radical (unpaired) electrons. The summed E-state index contributed by atoms with van der Waals surface area (Å²) in [5, 5.41) is 0. The largest absolute Gasteiger partial charge is 0.351 e. The predicted octanol–water partition coefficient (Wildman–Crippen LogP) is 1.39. The molecule has 3 saturated heterocycles. The normalized spacial score (nSPS) is 28.6. The van der Waals surface area contributed by atoms with Crippen molar-refractivity contribution in [3.63, 3.8) is 0 Å². The molecule has 2 atom stereocenters. The highest BCUT2D eigenvalue weighted by Gasteiger charge is 2.48. The fraction of sp³-hybridized carbons (Fsp3) is 0.647. The molecule has 23 heavy (non-hydrogen) atoms. The standard InChI is InChI=1S/C17H23FN4O/c1-11(2)21-8-14-5-13(21)9-22(14)15-6-20(7-15)17-16(18)4-3-12(10-23)19-17/h3-4,10-11,13-15H,5-9H2,1-2H3/t13?,14-/m0/s1. The first-order valence-electron chi connectivity index (χ1n) is 8.45. The second-order valence-corrected chi connectivity index (χ2v) is 7.25. The van der Waals surface area contributed by atoms with Crippen LogP contribution in [0.2, 0.25) is 0 Å². The molecule has 5 nitrogen and oxygen atoms in total. The third-order valence-corrected chi connectivity index (χ3v) is 5.59. The summed E-state index contributed by atoms with van der Waals surface area (Å²) in [6.07, 6.45) is 1.93. The van der Waals surface area contributed by atoms with Gasteiger partial charge in [-0.3, -0.25) is 14.6 Å². The lowest BCUT2D eigenvalue weighted by Crippen LogP contribution is -2.64. The zero-order valence-electron chi connectivity index (χ0n) is 13.7. The third kappa shape index (κ3) is 2.44. The van der Waals surface area contributed by atoms with E-state index >= 15 is 0 Å². The van der Waals surface area contributed by atoms with Crippen LogP contribution in [0.1, 0.15) is 30.8 Å². The number of hydrogen-bond acceptors (Lipinski definition) is 5. The molecule has 0 amide bonds. The number of pyridine rings is 1. The SMILES string of the molecule is CC(C)N1C[C@@H]2CC1CN2C1CN(c2nc(C=O)ccc2F)C1. The van der Waals surface area contributed by atoms with Gasteiger partial charge in [-0.1, -0.05) is 0 Å². The van der Waals surface area contributed by atoms with Gasteiger partial charge in [0.1, 0.15) is 5.69 Å². The number of aromatic nitrogens is 1. The number of carbonyl (C=O) groups is 1. The van der Waals surface area contributed by atoms with Crippen LogP contribution < -0.4 is 4.90 Å². The fourth-order valence-corrected chi connectivity index (χ4v) is 4.38. The van der Waals surface area contributed by atoms with Crippen LogP contribution in [-0.2, 0) is 0 Å². The first-order valence-corrected chi connectivity index (χ1v) is 8.45. The molecule has 124 valence electrons. The van der Waals surface area contributed by atoms with Crippen LogP contribution in [0.3, 0.4) is 0 Å². The summed E-state index contributed by atoms with van der Waals surface area (Å²) in [6, 6.07) is 5.19. The van der Waals surface area contributed by atoms with Crippen LogP contribution in [0.5, 0.6) is 0 Å². The maximum absolute atomic E-state index is 13.9. The molecule has 1 aromatic rings. The van der Waals surface area contributed by atoms with Crippen molar-refractivity contribution < 1.29 is 9.18 Å². The number of aldehydes is 1. The van der Waals surface area contributed by atoms with Crippen molar-refractivity contribution in [1.82, 2.24) is 14.8 Å². The van der Waals surface area contributed by atoms with E-state index in [0.717, 1.165) is 26.2 Å². The Bertz CT molecular complexity index is 617. The smallest absolute Gasteiger partial charge is 0.168 e. The maximum Gasteiger partial charge on any atom is 0.168 e. The topological polar surface area (TPSA) is 39.7 Å². The molecule has 4 rings (SSSR count). The fourth-order valence-electron chi connectivity index (χ4n) is 4.38. The van der Waals surface area contributed by atoms with Gasteiger partial charge in [0.05, 0.1) is 0 Å². The molecule has 2 bridgehead atoms. The summed E-state index contributed by atoms with van der Waals surface area (Å²) in [5.41, 5.74) is 0.289. The first-order chi connectivity index (χ1) is 11.1. The van der Waals surface area contributed by atoms with Crippen molar-refractivity contribution in [2.75, 3.05) is 31.1 Å². The van der Waals surface area contributed by atoms with Gasteiger partial charge in [0.2, 0.25) is 0 Å². The van der Waals surface area contributed by atoms with E-state index in [2.05, 4.69) is 28.6 Å². The number of piperazine rings is 1. The molecule has 3 fully saturated rings. The molecule has 1 aromatic heterocycles. The van der Waals surface area contributed by atoms with E-state index in [1.807, 2.05) is 4.90 Å². The number of anilines is 1. The van der Waals surface area contributed by atoms with Gasteiger partial charge in [-0.15, -0.1) is 0 Å². The van der Waals surface area contributed by atoms with Crippen molar-refractivity contribution in [3.05, 3.63) is 23.6 Å². The van der Waals surface area contributed by atoms with E-state index in [1.165, 1.54) is 18.6 Å². The summed E-state index contributed by atoms with van der Waals surface area (Å²) in [6.45, 7) is 8.43. The average Bonchev–Trinajstić information content (AvgIpc) is 3.08. The van der Waals surface area contributed by atoms with Crippen molar-refractivity contribution in [2.45, 2.75) is 44.4 Å². The Morgan fingerprint density at radius 1 is 1.17 bits per heavy atom. The highest BCUT2D eigenvalue weighted by Crippen LogP contribution is 2.36. The molecule has 1 unspecified atom stereocenters. The van der Waals surface area contributed by atoms with Crippen molar-refractivity contribution in [1.29, 1.82) is 0 Å². The number of rotatable bonds is 4. The van der Waals surface area contributed by atoms with Gasteiger partial charge in [0.25, 0.3) is 0 Å². The lowest BCUT2D eigenvalue weighted by Gasteiger charge is -2.49. The molecule has 0 spiro atoms. The monoisotopic (exact) mass is 318 g/mol. The Morgan fingerprint density at radius 2 is 1.96 bits per heavy atom. The number of carbonyl (C=O) groups excluding carboxylic acids is 1. The minimum absolute atomic E-state index is 0.289. The minimum Gasteiger partial charge on any atom is -0.351 e. The maximum atomic E-state index is 13.9. The van der Waals surface area contributed by atoms with Gasteiger partial charge in [0.15, 0.2) is 17.9 Å². The molecule has 3 aliphatic heterocycles. The highest BCUT2D eigenvalue weighted by molar-refractivity contribution is 5.72. The number of nitrogens with zero attached hydrogens (tertiary/aromatic N) is 4. The summed E-state index contributed by atoms with van der Waals surface area (Å²) < 4.78 is 13.9. The van der Waals surface area contributed by atoms with Crippen molar-refractivity contribution >= 4 is 12.1 Å². The third-order valence-electron chi connectivity index (χ3n) is 5.59. The van der Waals surface area contributed by atoms with Gasteiger partial charge in [-0.05, 0) is 32.4 Å². The molecule has 6 heteroatoms. The van der Waals surface area contributed by atoms with E-state index in [9.17, 15) is 9.18 Å². The van der Waals surface area contributed by atoms with Gasteiger partial charge in [-0.25, -0.2) is 9.37 Å². The van der Waals surface area contributed by atoms with Crippen LogP contribution in [0.15, 0.2) is 12.1 Å². The Morgan fingerprint density at radius 3 is 2.57 bits per heavy atom. The number of fused-ring (bicyclic) bond motifs is 2. The highest BCUT2D eigenvalue weighted by atomic mass is 19.1. The molecule has 0 aromatic carbocycles. The molecule has 3 aliphatic rings. The zero-order valence-corrected chi connectivity index (χ0v) is 13.7. The Balaban J connectivity index is 1.39. The van der Waals surface area contributed by atoms with Crippen molar-refractivity contribution in [2.24, 2.45) is 0 Å². The number of likely N-dealkylation sites (tertiary alicyclic amines) is 2. The van der Waals surface area contributed by atoms with Crippen LogP contribution in [-0.4, -0.2) is 71.4 Å². The van der Waals surface area contributed by atoms with Gasteiger partial charge in [0, 0.05) is 50.3 Å². The molecule has 4 heterocycles. The van der Waals surface area contributed by atoms with Crippen LogP contribution >= 0.6 is 0 Å². The lowest BCUT2D eigenvalue weighted by atomic mass is 10.1. The molecule has 0 N–H and O–H groups in total. The summed E-state index contributed by atoms with van der Waals surface area (Å²) in [4.78, 5) is 22.1. The van der Waals surface area contributed by atoms with Gasteiger partial charge in [-0.2, -0.15) is 0 Å². The number of hydrogen-bond donors (Lipinski definition) is 0. The molecular weight excluding hydrogens is 295 g/mol. The van der Waals surface area contributed by atoms with E-state index in [4.69, 9.17) is 0 Å². The summed E-state index contributed by atoms with van der Waals surface area (Å²) in [7, 11) is 0. The summed E-state index contributed by atoms with van der Waals surface area (Å²) >= 11 is 0. The minimum atomic E-state index is -0.344. The Kier molecular flexibility index (Phi) is 3.61. The molecule has 0 aliphatic carbocycles. The molecular formula is C17H23FN4O. The second-order valence-electron chi connectivity index (χ2n) is 7.25. The van der Waals surface area contributed by atoms with Crippen LogP contribution in [0.25, 0.3) is 0 Å². The molecule has 0 saturated carbocycles. The van der Waals surface area contributed by atoms with Gasteiger partial charge < -0.3 is 4.90 Å². The van der Waals surface area contributed by atoms with E-state index in [-0.39, 0.29) is 11.5 Å². The Hall–Kier alpha value is -1.53. The van der Waals surface area contributed by atoms with Crippen LogP contribution in [0.4, 0.5) is 10.2 Å². The van der Waals surface area contributed by atoms with E-state index in [1.54, 1.807) is 0 Å². The average molecular weight is 318 g/mol.